The monoisotopic (exact) mass is 566 g/mol. The lowest BCUT2D eigenvalue weighted by molar-refractivity contribution is -0.253. The zero-order valence-corrected chi connectivity index (χ0v) is 22.7. The first-order chi connectivity index (χ1) is 19.6. The smallest absolute Gasteiger partial charge is 0.338 e. The van der Waals surface area contributed by atoms with Crippen LogP contribution in [0.4, 0.5) is 5.69 Å². The fraction of sp³-hybridized carbons (Fsp3) is 0.241. The summed E-state index contributed by atoms with van der Waals surface area (Å²) in [5, 5.41) is 21.3. The van der Waals surface area contributed by atoms with Crippen LogP contribution in [0.15, 0.2) is 54.6 Å². The average Bonchev–Trinajstić information content (AvgIpc) is 2.94. The molecule has 12 heteroatoms. The molecular weight excluding hydrogens is 536 g/mol. The third-order valence-corrected chi connectivity index (χ3v) is 5.82. The van der Waals surface area contributed by atoms with Gasteiger partial charge in [-0.2, -0.15) is 0 Å². The van der Waals surface area contributed by atoms with Crippen molar-refractivity contribution in [1.82, 2.24) is 5.48 Å². The molecule has 3 aromatic rings. The third-order valence-electron chi connectivity index (χ3n) is 5.82. The Kier molecular flexibility index (Phi) is 11.1. The summed E-state index contributed by atoms with van der Waals surface area (Å²) in [4.78, 5) is 58.1. The van der Waals surface area contributed by atoms with Gasteiger partial charge in [0.2, 0.25) is 0 Å². The van der Waals surface area contributed by atoms with Crippen molar-refractivity contribution in [3.8, 4) is 11.1 Å². The van der Waals surface area contributed by atoms with E-state index in [1.165, 1.54) is 25.1 Å². The number of aromatic carboxylic acids is 1. The minimum atomic E-state index is -1.29. The lowest BCUT2D eigenvalue weighted by atomic mass is 9.95. The second kappa shape index (κ2) is 14.7. The summed E-state index contributed by atoms with van der Waals surface area (Å²) in [6, 6.07) is 14.2. The molecule has 0 radical (unpaired) electrons. The maximum absolute atomic E-state index is 13.3. The number of hydroxylamine groups is 1. The number of hydrogen-bond acceptors (Lipinski definition) is 10. The molecule has 0 heterocycles. The number of rotatable bonds is 13. The summed E-state index contributed by atoms with van der Waals surface area (Å²) in [6.45, 7) is 2.82. The number of amides is 1. The van der Waals surface area contributed by atoms with Crippen LogP contribution in [0.2, 0.25) is 0 Å². The van der Waals surface area contributed by atoms with E-state index in [1.54, 1.807) is 50.4 Å². The Morgan fingerprint density at radius 3 is 2.22 bits per heavy atom. The Morgan fingerprint density at radius 1 is 0.829 bits per heavy atom. The quantitative estimate of drug-likeness (QED) is 0.102. The number of anilines is 1. The van der Waals surface area contributed by atoms with Gasteiger partial charge in [-0.1, -0.05) is 18.2 Å². The molecule has 0 spiro atoms. The summed E-state index contributed by atoms with van der Waals surface area (Å²) in [5.41, 5.74) is 5.91. The van der Waals surface area contributed by atoms with Gasteiger partial charge in [0, 0.05) is 19.7 Å². The highest BCUT2D eigenvalue weighted by Crippen LogP contribution is 2.27. The van der Waals surface area contributed by atoms with Gasteiger partial charge in [-0.3, -0.25) is 19.7 Å². The highest BCUT2D eigenvalue weighted by atomic mass is 17.1. The summed E-state index contributed by atoms with van der Waals surface area (Å²) in [6.07, 6.45) is 0. The third kappa shape index (κ3) is 8.68. The minimum absolute atomic E-state index is 0.0630. The molecule has 0 aliphatic rings. The predicted molar refractivity (Wildman–Crippen MR) is 146 cm³/mol. The molecule has 12 nitrogen and oxygen atoms in total. The van der Waals surface area contributed by atoms with E-state index >= 15 is 0 Å². The molecule has 0 aromatic heterocycles. The number of aryl methyl sites for hydroxylation is 1. The zero-order valence-electron chi connectivity index (χ0n) is 22.7. The maximum Gasteiger partial charge on any atom is 0.338 e. The van der Waals surface area contributed by atoms with Gasteiger partial charge < -0.3 is 19.9 Å². The van der Waals surface area contributed by atoms with Gasteiger partial charge in [0.25, 0.3) is 5.91 Å². The number of carboxylic acids is 1. The maximum atomic E-state index is 13.3. The van der Waals surface area contributed by atoms with Crippen molar-refractivity contribution in [1.29, 1.82) is 0 Å². The number of carboxylic acid groups (broad SMARTS) is 1. The normalized spacial score (nSPS) is 10.6. The van der Waals surface area contributed by atoms with Crippen molar-refractivity contribution in [2.75, 3.05) is 25.6 Å². The molecule has 4 N–H and O–H groups in total. The van der Waals surface area contributed by atoms with E-state index in [4.69, 9.17) is 19.6 Å². The van der Waals surface area contributed by atoms with Gasteiger partial charge >= 0.3 is 17.9 Å². The van der Waals surface area contributed by atoms with E-state index in [-0.39, 0.29) is 48.8 Å². The molecule has 0 unspecified atom stereocenters. The van der Waals surface area contributed by atoms with Crippen molar-refractivity contribution in [2.45, 2.75) is 27.1 Å². The standard InChI is InChI=1S/C29H30N2O10/c1-17-10-22(29(36)39-9-8-38-18(2)32)13-24(11-17)31-27(33)26-14-20(6-7-25(26)28(34)35)19-4-5-21(16-41-37)23(12-19)15-40-30-3/h4-7,10-14,30,37H,8-9,15-16H2,1-3H3,(H,31,33)(H,34,35). The van der Waals surface area contributed by atoms with E-state index in [2.05, 4.69) is 15.7 Å². The molecule has 1 amide bonds. The van der Waals surface area contributed by atoms with Gasteiger partial charge in [-0.05, 0) is 71.1 Å². The summed E-state index contributed by atoms with van der Waals surface area (Å²) in [5.74, 6) is -3.17. The van der Waals surface area contributed by atoms with Gasteiger partial charge in [-0.15, -0.1) is 0 Å². The topological polar surface area (TPSA) is 170 Å². The van der Waals surface area contributed by atoms with Gasteiger partial charge in [-0.25, -0.2) is 20.0 Å². The molecular formula is C29H30N2O10. The molecule has 3 rings (SSSR count). The first-order valence-corrected chi connectivity index (χ1v) is 12.4. The Balaban J connectivity index is 1.89. The minimum Gasteiger partial charge on any atom is -0.478 e. The zero-order chi connectivity index (χ0) is 29.9. The van der Waals surface area contributed by atoms with E-state index in [0.29, 0.717) is 27.8 Å². The van der Waals surface area contributed by atoms with Crippen molar-refractivity contribution in [2.24, 2.45) is 0 Å². The number of ether oxygens (including phenoxy) is 2. The van der Waals surface area contributed by atoms with Crippen LogP contribution in [0.25, 0.3) is 11.1 Å². The van der Waals surface area contributed by atoms with Crippen LogP contribution in [0.3, 0.4) is 0 Å². The highest BCUT2D eigenvalue weighted by molar-refractivity contribution is 6.11. The molecule has 216 valence electrons. The van der Waals surface area contributed by atoms with Crippen molar-refractivity contribution < 1.29 is 48.7 Å². The Hall–Kier alpha value is -4.62. The fourth-order valence-electron chi connectivity index (χ4n) is 3.97. The van der Waals surface area contributed by atoms with E-state index in [1.807, 2.05) is 0 Å². The predicted octanol–water partition coefficient (Wildman–Crippen LogP) is 3.97. The van der Waals surface area contributed by atoms with Crippen molar-refractivity contribution >= 4 is 29.5 Å². The molecule has 0 saturated carbocycles. The molecule has 41 heavy (non-hydrogen) atoms. The number of esters is 2. The van der Waals surface area contributed by atoms with E-state index < -0.39 is 23.8 Å². The largest absolute Gasteiger partial charge is 0.478 e. The molecule has 0 bridgehead atoms. The van der Waals surface area contributed by atoms with Crippen LogP contribution in [0.5, 0.6) is 0 Å². The highest BCUT2D eigenvalue weighted by Gasteiger charge is 2.19. The van der Waals surface area contributed by atoms with Crippen molar-refractivity contribution in [3.05, 3.63) is 88.0 Å². The van der Waals surface area contributed by atoms with Crippen LogP contribution in [-0.2, 0) is 37.2 Å². The molecule has 3 aromatic carbocycles. The number of carbonyl (C=O) groups excluding carboxylic acids is 3. The van der Waals surface area contributed by atoms with E-state index in [0.717, 1.165) is 0 Å². The van der Waals surface area contributed by atoms with Crippen LogP contribution < -0.4 is 10.8 Å². The SMILES string of the molecule is CNOCc1cc(-c2ccc(C(=O)O)c(C(=O)Nc3cc(C)cc(C(=O)OCCOC(C)=O)c3)c2)ccc1COO. The van der Waals surface area contributed by atoms with Crippen LogP contribution in [-0.4, -0.2) is 54.4 Å². The lowest BCUT2D eigenvalue weighted by Gasteiger charge is -2.14. The fourth-order valence-corrected chi connectivity index (χ4v) is 3.97. The van der Waals surface area contributed by atoms with Crippen molar-refractivity contribution in [3.63, 3.8) is 0 Å². The van der Waals surface area contributed by atoms with Gasteiger partial charge in [0.05, 0.1) is 23.3 Å². The molecule has 0 aliphatic heterocycles. The number of nitrogens with one attached hydrogen (secondary N) is 2. The first-order valence-electron chi connectivity index (χ1n) is 12.4. The summed E-state index contributed by atoms with van der Waals surface area (Å²) in [7, 11) is 1.60. The van der Waals surface area contributed by atoms with Crippen LogP contribution in [0, 0.1) is 6.92 Å². The van der Waals surface area contributed by atoms with Gasteiger partial charge in [0.15, 0.2) is 0 Å². The van der Waals surface area contributed by atoms with Crippen LogP contribution in [0.1, 0.15) is 54.7 Å². The van der Waals surface area contributed by atoms with Gasteiger partial charge in [0.1, 0.15) is 19.8 Å². The second-order valence-electron chi connectivity index (χ2n) is 8.83. The summed E-state index contributed by atoms with van der Waals surface area (Å²) < 4.78 is 9.85. The lowest BCUT2D eigenvalue weighted by Crippen LogP contribution is -2.17. The molecule has 0 saturated heterocycles. The number of hydrogen-bond donors (Lipinski definition) is 4. The van der Waals surface area contributed by atoms with Crippen LogP contribution >= 0.6 is 0 Å². The number of carbonyl (C=O) groups is 4. The molecule has 0 atom stereocenters. The Labute approximate surface area is 235 Å². The number of benzene rings is 3. The van der Waals surface area contributed by atoms with E-state index in [9.17, 15) is 24.3 Å². The Morgan fingerprint density at radius 2 is 1.54 bits per heavy atom. The molecule has 0 aliphatic carbocycles. The second-order valence-corrected chi connectivity index (χ2v) is 8.83. The Bertz CT molecular complexity index is 1440. The molecule has 0 fully saturated rings. The summed E-state index contributed by atoms with van der Waals surface area (Å²) >= 11 is 0. The average molecular weight is 567 g/mol. The first kappa shape index (κ1) is 30.9.